The van der Waals surface area contributed by atoms with E-state index in [2.05, 4.69) is 17.6 Å². The quantitative estimate of drug-likeness (QED) is 0.438. The van der Waals surface area contributed by atoms with Crippen molar-refractivity contribution in [1.82, 2.24) is 10.6 Å². The van der Waals surface area contributed by atoms with Gasteiger partial charge in [0.1, 0.15) is 24.1 Å². The predicted molar refractivity (Wildman–Crippen MR) is 121 cm³/mol. The number of benzene rings is 2. The maximum atomic E-state index is 12.0. The Morgan fingerprint density at radius 2 is 1.87 bits per heavy atom. The molecular formula is C23H22N2O4S2. The van der Waals surface area contributed by atoms with Gasteiger partial charge in [-0.1, -0.05) is 30.8 Å². The van der Waals surface area contributed by atoms with Crippen LogP contribution in [0.1, 0.15) is 29.8 Å². The summed E-state index contributed by atoms with van der Waals surface area (Å²) in [6.45, 7) is 3.24. The third-order valence-corrected chi connectivity index (χ3v) is 6.72. The predicted octanol–water partition coefficient (Wildman–Crippen LogP) is 5.15. The Kier molecular flexibility index (Phi) is 6.79. The van der Waals surface area contributed by atoms with Crippen molar-refractivity contribution in [3.63, 3.8) is 0 Å². The van der Waals surface area contributed by atoms with Crippen LogP contribution in [0.4, 0.5) is 4.79 Å². The second-order valence-corrected chi connectivity index (χ2v) is 8.97. The molecule has 0 bridgehead atoms. The van der Waals surface area contributed by atoms with Crippen molar-refractivity contribution in [2.75, 3.05) is 6.61 Å². The summed E-state index contributed by atoms with van der Waals surface area (Å²) >= 11 is 3.01. The number of carbonyl (C=O) groups is 2. The van der Waals surface area contributed by atoms with Crippen molar-refractivity contribution in [1.29, 1.82) is 0 Å². The molecule has 3 amide bonds. The number of carbonyl (C=O) groups excluding carboxylic acids is 2. The summed E-state index contributed by atoms with van der Waals surface area (Å²) in [7, 11) is 0. The summed E-state index contributed by atoms with van der Waals surface area (Å²) in [6, 6.07) is 16.6. The summed E-state index contributed by atoms with van der Waals surface area (Å²) in [6.07, 6.45) is 0.973. The van der Waals surface area contributed by atoms with Crippen LogP contribution in [0.25, 0.3) is 0 Å². The summed E-state index contributed by atoms with van der Waals surface area (Å²) in [5.74, 6) is 1.31. The number of nitrogens with one attached hydrogen (secondary N) is 2. The minimum Gasteiger partial charge on any atom is -0.494 e. The first-order chi connectivity index (χ1) is 15.1. The molecule has 0 radical (unpaired) electrons. The first-order valence-corrected chi connectivity index (χ1v) is 11.6. The zero-order valence-corrected chi connectivity index (χ0v) is 18.6. The molecule has 0 aliphatic carbocycles. The van der Waals surface area contributed by atoms with Crippen molar-refractivity contribution in [2.45, 2.75) is 35.8 Å². The summed E-state index contributed by atoms with van der Waals surface area (Å²) in [5.41, 5.74) is 1.05. The van der Waals surface area contributed by atoms with Crippen molar-refractivity contribution >= 4 is 35.0 Å². The summed E-state index contributed by atoms with van der Waals surface area (Å²) < 4.78 is 11.6. The van der Waals surface area contributed by atoms with E-state index in [0.29, 0.717) is 13.2 Å². The second kappa shape index (κ2) is 9.89. The van der Waals surface area contributed by atoms with Gasteiger partial charge in [0.15, 0.2) is 0 Å². The first kappa shape index (κ1) is 21.3. The average Bonchev–Trinajstić information content (AvgIpc) is 3.37. The molecule has 160 valence electrons. The Balaban J connectivity index is 1.36. The van der Waals surface area contributed by atoms with Crippen LogP contribution in [0.15, 0.2) is 69.8 Å². The standard InChI is InChI=1S/C23H22N2O4S2/c1-2-11-28-17-5-3-4-15(13-17)14-29-16-6-8-18(9-7-16)31-19-10-12-30-21(19)20-22(26)25-23(27)24-20/h3-10,12-13,20H,2,11,14H2,1H3,(H2,24,25,26,27). The SMILES string of the molecule is CCCOc1cccc(COc2ccc(Sc3ccsc3C3NC(=O)NC3=O)cc2)c1. The van der Waals surface area contributed by atoms with Gasteiger partial charge in [-0.25, -0.2) is 4.79 Å². The molecule has 3 aromatic rings. The van der Waals surface area contributed by atoms with E-state index in [4.69, 9.17) is 9.47 Å². The van der Waals surface area contributed by atoms with E-state index in [-0.39, 0.29) is 5.91 Å². The van der Waals surface area contributed by atoms with Crippen LogP contribution in [0.3, 0.4) is 0 Å². The largest absolute Gasteiger partial charge is 0.494 e. The fraction of sp³-hybridized carbons (Fsp3) is 0.217. The molecule has 0 saturated carbocycles. The second-order valence-electron chi connectivity index (χ2n) is 6.90. The number of urea groups is 1. The lowest BCUT2D eigenvalue weighted by Gasteiger charge is -2.10. The first-order valence-electron chi connectivity index (χ1n) is 9.93. The molecule has 0 spiro atoms. The lowest BCUT2D eigenvalue weighted by atomic mass is 10.2. The monoisotopic (exact) mass is 454 g/mol. The number of hydrogen-bond donors (Lipinski definition) is 2. The van der Waals surface area contributed by atoms with E-state index < -0.39 is 12.1 Å². The lowest BCUT2D eigenvalue weighted by molar-refractivity contribution is -0.120. The van der Waals surface area contributed by atoms with Gasteiger partial charge in [-0.15, -0.1) is 11.3 Å². The van der Waals surface area contributed by atoms with Gasteiger partial charge < -0.3 is 14.8 Å². The molecular weight excluding hydrogens is 432 g/mol. The van der Waals surface area contributed by atoms with Gasteiger partial charge in [-0.3, -0.25) is 10.1 Å². The molecule has 1 aliphatic rings. The van der Waals surface area contributed by atoms with Crippen molar-refractivity contribution < 1.29 is 19.1 Å². The number of amides is 3. The van der Waals surface area contributed by atoms with Crippen LogP contribution in [0.2, 0.25) is 0 Å². The van der Waals surface area contributed by atoms with E-state index in [1.165, 1.54) is 11.3 Å². The van der Waals surface area contributed by atoms with Crippen molar-refractivity contribution in [3.05, 3.63) is 70.4 Å². The van der Waals surface area contributed by atoms with Crippen LogP contribution in [0.5, 0.6) is 11.5 Å². The third kappa shape index (κ3) is 5.39. The number of hydrogen-bond acceptors (Lipinski definition) is 6. The summed E-state index contributed by atoms with van der Waals surface area (Å²) in [5, 5.41) is 6.86. The van der Waals surface area contributed by atoms with Crippen molar-refractivity contribution in [2.24, 2.45) is 0 Å². The Bertz CT molecular complexity index is 1070. The molecule has 1 unspecified atom stereocenters. The van der Waals surface area contributed by atoms with Gasteiger partial charge in [0.2, 0.25) is 0 Å². The van der Waals surface area contributed by atoms with Crippen LogP contribution >= 0.6 is 23.1 Å². The number of rotatable bonds is 9. The van der Waals surface area contributed by atoms with E-state index in [1.54, 1.807) is 11.8 Å². The van der Waals surface area contributed by atoms with E-state index in [1.807, 2.05) is 60.0 Å². The third-order valence-electron chi connectivity index (χ3n) is 4.52. The van der Waals surface area contributed by atoms with Gasteiger partial charge in [0.05, 0.1) is 11.5 Å². The molecule has 1 saturated heterocycles. The van der Waals surface area contributed by atoms with Crippen LogP contribution in [0, 0.1) is 0 Å². The number of ether oxygens (including phenoxy) is 2. The zero-order chi connectivity index (χ0) is 21.6. The highest BCUT2D eigenvalue weighted by Gasteiger charge is 2.33. The molecule has 2 aromatic carbocycles. The topological polar surface area (TPSA) is 76.7 Å². The Morgan fingerprint density at radius 1 is 1.03 bits per heavy atom. The zero-order valence-electron chi connectivity index (χ0n) is 16.9. The van der Waals surface area contributed by atoms with E-state index >= 15 is 0 Å². The molecule has 1 atom stereocenters. The fourth-order valence-electron chi connectivity index (χ4n) is 3.05. The normalized spacial score (nSPS) is 15.5. The molecule has 1 aromatic heterocycles. The highest BCUT2D eigenvalue weighted by molar-refractivity contribution is 7.99. The van der Waals surface area contributed by atoms with Gasteiger partial charge in [-0.2, -0.15) is 0 Å². The summed E-state index contributed by atoms with van der Waals surface area (Å²) in [4.78, 5) is 26.2. The Labute approximate surface area is 189 Å². The molecule has 2 N–H and O–H groups in total. The number of imide groups is 1. The Hall–Kier alpha value is -2.97. The van der Waals surface area contributed by atoms with Gasteiger partial charge in [-0.05, 0) is 59.8 Å². The molecule has 6 nitrogen and oxygen atoms in total. The van der Waals surface area contributed by atoms with E-state index in [0.717, 1.165) is 38.2 Å². The minimum absolute atomic E-state index is 0.317. The molecule has 4 rings (SSSR count). The highest BCUT2D eigenvalue weighted by atomic mass is 32.2. The molecule has 31 heavy (non-hydrogen) atoms. The molecule has 1 aliphatic heterocycles. The van der Waals surface area contributed by atoms with E-state index in [9.17, 15) is 9.59 Å². The number of thiophene rings is 1. The van der Waals surface area contributed by atoms with Crippen LogP contribution < -0.4 is 20.1 Å². The van der Waals surface area contributed by atoms with Crippen LogP contribution in [-0.2, 0) is 11.4 Å². The maximum absolute atomic E-state index is 12.0. The highest BCUT2D eigenvalue weighted by Crippen LogP contribution is 2.38. The average molecular weight is 455 g/mol. The molecule has 8 heteroatoms. The van der Waals surface area contributed by atoms with Gasteiger partial charge >= 0.3 is 6.03 Å². The fourth-order valence-corrected chi connectivity index (χ4v) is 5.12. The lowest BCUT2D eigenvalue weighted by Crippen LogP contribution is -2.22. The van der Waals surface area contributed by atoms with Gasteiger partial charge in [0, 0.05) is 9.79 Å². The van der Waals surface area contributed by atoms with Gasteiger partial charge in [0.25, 0.3) is 5.91 Å². The minimum atomic E-state index is -0.630. The molecule has 1 fully saturated rings. The molecule has 2 heterocycles. The van der Waals surface area contributed by atoms with Crippen molar-refractivity contribution in [3.8, 4) is 11.5 Å². The maximum Gasteiger partial charge on any atom is 0.322 e. The Morgan fingerprint density at radius 3 is 2.61 bits per heavy atom. The smallest absolute Gasteiger partial charge is 0.322 e. The van der Waals surface area contributed by atoms with Crippen LogP contribution in [-0.4, -0.2) is 18.5 Å².